The lowest BCUT2D eigenvalue weighted by molar-refractivity contribution is 0.415. The molecule has 0 saturated carbocycles. The Kier molecular flexibility index (Phi) is 4.15. The minimum absolute atomic E-state index is 0.498. The Morgan fingerprint density at radius 1 is 1.19 bits per heavy atom. The first-order valence-electron chi connectivity index (χ1n) is 7.47. The molecule has 4 nitrogen and oxygen atoms in total. The van der Waals surface area contributed by atoms with Gasteiger partial charge in [0.2, 0.25) is 0 Å². The molecule has 0 amide bonds. The van der Waals surface area contributed by atoms with E-state index in [0.29, 0.717) is 5.92 Å². The molecule has 1 aliphatic heterocycles. The van der Waals surface area contributed by atoms with Gasteiger partial charge in [-0.15, -0.1) is 0 Å². The van der Waals surface area contributed by atoms with Crippen LogP contribution in [0.1, 0.15) is 30.3 Å². The fourth-order valence-corrected chi connectivity index (χ4v) is 2.81. The molecule has 0 spiro atoms. The molecule has 2 aromatic rings. The highest BCUT2D eigenvalue weighted by Crippen LogP contribution is 2.26. The van der Waals surface area contributed by atoms with Gasteiger partial charge < -0.3 is 10.1 Å². The average molecular weight is 283 g/mol. The third kappa shape index (κ3) is 3.22. The highest BCUT2D eigenvalue weighted by molar-refractivity contribution is 5.60. The molecular weight excluding hydrogens is 262 g/mol. The number of hydrogen-bond acceptors (Lipinski definition) is 4. The first kappa shape index (κ1) is 14.0. The summed E-state index contributed by atoms with van der Waals surface area (Å²) in [5.41, 5.74) is 3.25. The first-order chi connectivity index (χ1) is 10.3. The van der Waals surface area contributed by atoms with Crippen molar-refractivity contribution in [3.8, 4) is 17.0 Å². The predicted molar refractivity (Wildman–Crippen MR) is 83.6 cm³/mol. The SMILES string of the molecule is COc1ccc(-c2cc(C3CCCNC3)nc(C)n2)cc1. The highest BCUT2D eigenvalue weighted by atomic mass is 16.5. The molecule has 1 aliphatic rings. The van der Waals surface area contributed by atoms with Crippen LogP contribution in [0.4, 0.5) is 0 Å². The quantitative estimate of drug-likeness (QED) is 0.941. The van der Waals surface area contributed by atoms with Crippen molar-refractivity contribution in [1.29, 1.82) is 0 Å². The Hall–Kier alpha value is -1.94. The second kappa shape index (κ2) is 6.22. The summed E-state index contributed by atoms with van der Waals surface area (Å²) in [6, 6.07) is 10.2. The smallest absolute Gasteiger partial charge is 0.126 e. The van der Waals surface area contributed by atoms with Crippen LogP contribution in [0.2, 0.25) is 0 Å². The monoisotopic (exact) mass is 283 g/mol. The fraction of sp³-hybridized carbons (Fsp3) is 0.412. The molecule has 1 aromatic heterocycles. The minimum Gasteiger partial charge on any atom is -0.497 e. The zero-order valence-electron chi connectivity index (χ0n) is 12.6. The summed E-state index contributed by atoms with van der Waals surface area (Å²) in [4.78, 5) is 9.22. The predicted octanol–water partition coefficient (Wildman–Crippen LogP) is 2.93. The van der Waals surface area contributed by atoms with Crippen LogP contribution in [-0.4, -0.2) is 30.2 Å². The van der Waals surface area contributed by atoms with Crippen LogP contribution in [0.5, 0.6) is 5.75 Å². The maximum absolute atomic E-state index is 5.21. The second-order valence-electron chi connectivity index (χ2n) is 5.50. The number of aryl methyl sites for hydroxylation is 1. The lowest BCUT2D eigenvalue weighted by atomic mass is 9.95. The van der Waals surface area contributed by atoms with Crippen molar-refractivity contribution in [3.63, 3.8) is 0 Å². The summed E-state index contributed by atoms with van der Waals surface area (Å²) in [7, 11) is 1.68. The van der Waals surface area contributed by atoms with Crippen molar-refractivity contribution >= 4 is 0 Å². The topological polar surface area (TPSA) is 47.0 Å². The fourth-order valence-electron chi connectivity index (χ4n) is 2.81. The zero-order chi connectivity index (χ0) is 14.7. The van der Waals surface area contributed by atoms with E-state index in [1.165, 1.54) is 12.8 Å². The molecule has 1 saturated heterocycles. The number of rotatable bonds is 3. The molecule has 1 atom stereocenters. The van der Waals surface area contributed by atoms with Crippen molar-refractivity contribution in [3.05, 3.63) is 41.9 Å². The van der Waals surface area contributed by atoms with E-state index in [0.717, 1.165) is 41.6 Å². The molecule has 21 heavy (non-hydrogen) atoms. The number of benzene rings is 1. The van der Waals surface area contributed by atoms with Crippen molar-refractivity contribution < 1.29 is 4.74 Å². The van der Waals surface area contributed by atoms with E-state index in [-0.39, 0.29) is 0 Å². The molecular formula is C17H21N3O. The average Bonchev–Trinajstić information content (AvgIpc) is 2.55. The number of piperidine rings is 1. The van der Waals surface area contributed by atoms with Crippen LogP contribution in [0.15, 0.2) is 30.3 Å². The molecule has 2 heterocycles. The summed E-state index contributed by atoms with van der Waals surface area (Å²) >= 11 is 0. The van der Waals surface area contributed by atoms with Gasteiger partial charge in [-0.25, -0.2) is 9.97 Å². The Bertz CT molecular complexity index is 604. The van der Waals surface area contributed by atoms with E-state index in [9.17, 15) is 0 Å². The molecule has 110 valence electrons. The number of aromatic nitrogens is 2. The number of nitrogens with one attached hydrogen (secondary N) is 1. The highest BCUT2D eigenvalue weighted by Gasteiger charge is 2.18. The third-order valence-electron chi connectivity index (χ3n) is 3.96. The Balaban J connectivity index is 1.92. The van der Waals surface area contributed by atoms with E-state index in [4.69, 9.17) is 4.74 Å². The van der Waals surface area contributed by atoms with Crippen LogP contribution < -0.4 is 10.1 Å². The minimum atomic E-state index is 0.498. The Labute approximate surface area is 125 Å². The van der Waals surface area contributed by atoms with Gasteiger partial charge in [0.15, 0.2) is 0 Å². The molecule has 1 N–H and O–H groups in total. The van der Waals surface area contributed by atoms with Gasteiger partial charge in [-0.05, 0) is 56.6 Å². The van der Waals surface area contributed by atoms with E-state index in [2.05, 4.69) is 21.4 Å². The molecule has 4 heteroatoms. The molecule has 3 rings (SSSR count). The van der Waals surface area contributed by atoms with Gasteiger partial charge in [-0.2, -0.15) is 0 Å². The first-order valence-corrected chi connectivity index (χ1v) is 7.47. The van der Waals surface area contributed by atoms with E-state index < -0.39 is 0 Å². The van der Waals surface area contributed by atoms with Gasteiger partial charge in [0.05, 0.1) is 12.8 Å². The molecule has 1 unspecified atom stereocenters. The molecule has 0 radical (unpaired) electrons. The van der Waals surface area contributed by atoms with E-state index in [1.54, 1.807) is 7.11 Å². The van der Waals surface area contributed by atoms with Crippen LogP contribution in [0.3, 0.4) is 0 Å². The molecule has 1 aromatic carbocycles. The number of ether oxygens (including phenoxy) is 1. The zero-order valence-corrected chi connectivity index (χ0v) is 12.6. The summed E-state index contributed by atoms with van der Waals surface area (Å²) in [5, 5.41) is 3.45. The Morgan fingerprint density at radius 3 is 2.67 bits per heavy atom. The standard InChI is InChI=1S/C17H21N3O/c1-12-19-16(13-5-7-15(21-2)8-6-13)10-17(20-12)14-4-3-9-18-11-14/h5-8,10,14,18H,3-4,9,11H2,1-2H3. The maximum Gasteiger partial charge on any atom is 0.126 e. The molecule has 1 fully saturated rings. The van der Waals surface area contributed by atoms with Gasteiger partial charge in [-0.1, -0.05) is 0 Å². The molecule has 0 bridgehead atoms. The Morgan fingerprint density at radius 2 is 2.00 bits per heavy atom. The van der Waals surface area contributed by atoms with Gasteiger partial charge in [0.25, 0.3) is 0 Å². The van der Waals surface area contributed by atoms with Crippen molar-refractivity contribution in [2.75, 3.05) is 20.2 Å². The lowest BCUT2D eigenvalue weighted by Gasteiger charge is -2.22. The summed E-state index contributed by atoms with van der Waals surface area (Å²) in [5.74, 6) is 2.20. The van der Waals surface area contributed by atoms with Gasteiger partial charge in [-0.3, -0.25) is 0 Å². The maximum atomic E-state index is 5.21. The van der Waals surface area contributed by atoms with Crippen LogP contribution >= 0.6 is 0 Å². The van der Waals surface area contributed by atoms with Crippen LogP contribution in [0, 0.1) is 6.92 Å². The van der Waals surface area contributed by atoms with E-state index >= 15 is 0 Å². The van der Waals surface area contributed by atoms with Crippen molar-refractivity contribution in [2.24, 2.45) is 0 Å². The van der Waals surface area contributed by atoms with Crippen LogP contribution in [0.25, 0.3) is 11.3 Å². The number of nitrogens with zero attached hydrogens (tertiary/aromatic N) is 2. The number of hydrogen-bond donors (Lipinski definition) is 1. The van der Waals surface area contributed by atoms with Crippen molar-refractivity contribution in [2.45, 2.75) is 25.7 Å². The van der Waals surface area contributed by atoms with Gasteiger partial charge >= 0.3 is 0 Å². The van der Waals surface area contributed by atoms with Gasteiger partial charge in [0, 0.05) is 23.7 Å². The third-order valence-corrected chi connectivity index (χ3v) is 3.96. The normalized spacial score (nSPS) is 18.5. The van der Waals surface area contributed by atoms with Crippen molar-refractivity contribution in [1.82, 2.24) is 15.3 Å². The van der Waals surface area contributed by atoms with E-state index in [1.807, 2.05) is 31.2 Å². The van der Waals surface area contributed by atoms with Gasteiger partial charge in [0.1, 0.15) is 11.6 Å². The number of methoxy groups -OCH3 is 1. The molecule has 0 aliphatic carbocycles. The summed E-state index contributed by atoms with van der Waals surface area (Å²) < 4.78 is 5.21. The van der Waals surface area contributed by atoms with Crippen LogP contribution in [-0.2, 0) is 0 Å². The largest absolute Gasteiger partial charge is 0.497 e. The lowest BCUT2D eigenvalue weighted by Crippen LogP contribution is -2.29. The second-order valence-corrected chi connectivity index (χ2v) is 5.50. The summed E-state index contributed by atoms with van der Waals surface area (Å²) in [6.45, 7) is 4.09. The summed E-state index contributed by atoms with van der Waals surface area (Å²) in [6.07, 6.45) is 2.41.